The number of anilines is 2. The van der Waals surface area contributed by atoms with Crippen molar-refractivity contribution < 1.29 is 18.0 Å². The number of carbonyl (C=O) groups is 2. The van der Waals surface area contributed by atoms with Crippen molar-refractivity contribution in [1.29, 1.82) is 0 Å². The molecule has 0 fully saturated rings. The van der Waals surface area contributed by atoms with E-state index in [4.69, 9.17) is 10.7 Å². The lowest BCUT2D eigenvalue weighted by atomic mass is 9.99. The first kappa shape index (κ1) is 25.1. The van der Waals surface area contributed by atoms with Crippen LogP contribution in [0.25, 0.3) is 32.6 Å². The molecule has 0 saturated carbocycles. The fraction of sp³-hybridized carbons (Fsp3) is 0.0357. The van der Waals surface area contributed by atoms with Crippen molar-refractivity contribution in [1.82, 2.24) is 9.71 Å². The van der Waals surface area contributed by atoms with Gasteiger partial charge in [0.05, 0.1) is 16.3 Å². The van der Waals surface area contributed by atoms with Crippen LogP contribution in [0.1, 0.15) is 16.6 Å². The topological polar surface area (TPSA) is 131 Å². The van der Waals surface area contributed by atoms with Gasteiger partial charge >= 0.3 is 0 Å². The number of hydrogen-bond donors (Lipinski definition) is 3. The Morgan fingerprint density at radius 3 is 2.08 bits per heavy atom. The van der Waals surface area contributed by atoms with E-state index in [-0.39, 0.29) is 4.90 Å². The van der Waals surface area contributed by atoms with Gasteiger partial charge in [0.15, 0.2) is 0 Å². The number of benzene rings is 3. The summed E-state index contributed by atoms with van der Waals surface area (Å²) in [6.07, 6.45) is 0. The second-order valence-corrected chi connectivity index (χ2v) is 11.1. The number of thiophene rings is 1. The summed E-state index contributed by atoms with van der Waals surface area (Å²) < 4.78 is 26.3. The van der Waals surface area contributed by atoms with Crippen LogP contribution in [0.15, 0.2) is 95.9 Å². The lowest BCUT2D eigenvalue weighted by Gasteiger charge is -2.09. The number of amides is 2. The molecule has 0 atom stereocenters. The van der Waals surface area contributed by atoms with E-state index in [9.17, 15) is 18.0 Å². The highest BCUT2D eigenvalue weighted by Gasteiger charge is 2.22. The molecule has 2 aromatic heterocycles. The molecule has 38 heavy (non-hydrogen) atoms. The number of nitrogens with one attached hydrogen (secondary N) is 2. The van der Waals surface area contributed by atoms with Crippen LogP contribution in [-0.2, 0) is 14.8 Å². The van der Waals surface area contributed by atoms with Gasteiger partial charge < -0.3 is 11.1 Å². The molecule has 4 N–H and O–H groups in total. The average Bonchev–Trinajstić information content (AvgIpc) is 3.25. The minimum Gasteiger partial charge on any atom is -0.397 e. The van der Waals surface area contributed by atoms with E-state index < -0.39 is 21.8 Å². The average molecular weight is 543 g/mol. The zero-order valence-corrected chi connectivity index (χ0v) is 21.8. The summed E-state index contributed by atoms with van der Waals surface area (Å²) in [5.41, 5.74) is 10.8. The van der Waals surface area contributed by atoms with Crippen molar-refractivity contribution in [2.24, 2.45) is 0 Å². The first-order valence-electron chi connectivity index (χ1n) is 11.5. The Bertz CT molecular complexity index is 1770. The second-order valence-electron chi connectivity index (χ2n) is 8.45. The van der Waals surface area contributed by atoms with E-state index in [0.717, 1.165) is 29.3 Å². The molecule has 2 amide bonds. The smallest absolute Gasteiger partial charge is 0.267 e. The SMILES string of the molecule is CC(=O)NS(=O)(=O)c1ccc(NC(=O)c2sc3nc(-c4ccccc4)cc(-c4ccccc4)c3c2N)cc1. The van der Waals surface area contributed by atoms with Crippen LogP contribution in [0.4, 0.5) is 11.4 Å². The van der Waals surface area contributed by atoms with Crippen molar-refractivity contribution in [3.05, 3.63) is 95.9 Å². The summed E-state index contributed by atoms with van der Waals surface area (Å²) in [7, 11) is -3.98. The van der Waals surface area contributed by atoms with Gasteiger partial charge in [0.25, 0.3) is 15.9 Å². The van der Waals surface area contributed by atoms with Crippen LogP contribution < -0.4 is 15.8 Å². The molecular formula is C28H22N4O4S2. The van der Waals surface area contributed by atoms with Crippen molar-refractivity contribution >= 4 is 54.8 Å². The van der Waals surface area contributed by atoms with Crippen LogP contribution in [0.3, 0.4) is 0 Å². The number of pyridine rings is 1. The van der Waals surface area contributed by atoms with Crippen molar-refractivity contribution in [3.63, 3.8) is 0 Å². The number of rotatable bonds is 6. The third-order valence-corrected chi connectivity index (χ3v) is 8.31. The van der Waals surface area contributed by atoms with Crippen LogP contribution in [0.2, 0.25) is 0 Å². The van der Waals surface area contributed by atoms with Crippen molar-refractivity contribution in [2.45, 2.75) is 11.8 Å². The van der Waals surface area contributed by atoms with E-state index >= 15 is 0 Å². The number of carbonyl (C=O) groups excluding carboxylic acids is 2. The predicted octanol–water partition coefficient (Wildman–Crippen LogP) is 5.29. The number of hydrogen-bond acceptors (Lipinski definition) is 7. The van der Waals surface area contributed by atoms with Crippen LogP contribution in [-0.4, -0.2) is 25.2 Å². The van der Waals surface area contributed by atoms with Gasteiger partial charge in [-0.2, -0.15) is 0 Å². The summed E-state index contributed by atoms with van der Waals surface area (Å²) in [4.78, 5) is 30.1. The number of nitrogen functional groups attached to an aromatic ring is 1. The van der Waals surface area contributed by atoms with E-state index in [1.165, 1.54) is 35.6 Å². The Hall–Kier alpha value is -4.54. The van der Waals surface area contributed by atoms with Crippen LogP contribution in [0, 0.1) is 0 Å². The number of nitrogens with two attached hydrogens (primary N) is 1. The quantitative estimate of drug-likeness (QED) is 0.267. The van der Waals surface area contributed by atoms with Gasteiger partial charge in [0, 0.05) is 23.6 Å². The summed E-state index contributed by atoms with van der Waals surface area (Å²) in [6.45, 7) is 1.11. The first-order valence-corrected chi connectivity index (χ1v) is 13.8. The molecule has 8 nitrogen and oxygen atoms in total. The van der Waals surface area contributed by atoms with Crippen LogP contribution >= 0.6 is 11.3 Å². The fourth-order valence-corrected chi connectivity index (χ4v) is 6.05. The molecule has 0 aliphatic rings. The number of fused-ring (bicyclic) bond motifs is 1. The number of sulfonamides is 1. The Labute approximate surface area is 223 Å². The lowest BCUT2D eigenvalue weighted by molar-refractivity contribution is -0.117. The fourth-order valence-electron chi connectivity index (χ4n) is 4.05. The van der Waals surface area contributed by atoms with Gasteiger partial charge in [-0.25, -0.2) is 18.1 Å². The van der Waals surface area contributed by atoms with Gasteiger partial charge in [-0.3, -0.25) is 9.59 Å². The molecular weight excluding hydrogens is 520 g/mol. The molecule has 0 unspecified atom stereocenters. The molecule has 0 bridgehead atoms. The van der Waals surface area contributed by atoms with Gasteiger partial charge in [-0.05, 0) is 41.5 Å². The molecule has 10 heteroatoms. The van der Waals surface area contributed by atoms with Gasteiger partial charge in [-0.15, -0.1) is 11.3 Å². The third kappa shape index (κ3) is 4.99. The molecule has 3 aromatic carbocycles. The maximum absolute atomic E-state index is 13.3. The highest BCUT2D eigenvalue weighted by Crippen LogP contribution is 2.41. The second kappa shape index (κ2) is 10.1. The van der Waals surface area contributed by atoms with Gasteiger partial charge in [-0.1, -0.05) is 60.7 Å². The normalized spacial score (nSPS) is 11.3. The number of aromatic nitrogens is 1. The molecule has 2 heterocycles. The minimum absolute atomic E-state index is 0.0998. The van der Waals surface area contributed by atoms with Gasteiger partial charge in [0.2, 0.25) is 5.91 Å². The molecule has 0 aliphatic carbocycles. The van der Waals surface area contributed by atoms with Gasteiger partial charge in [0.1, 0.15) is 9.71 Å². The summed E-state index contributed by atoms with van der Waals surface area (Å²) in [5, 5.41) is 3.46. The highest BCUT2D eigenvalue weighted by atomic mass is 32.2. The first-order chi connectivity index (χ1) is 18.2. The Kier molecular flexibility index (Phi) is 6.66. The lowest BCUT2D eigenvalue weighted by Crippen LogP contribution is -2.28. The number of nitrogens with zero attached hydrogens (tertiary/aromatic N) is 1. The predicted molar refractivity (Wildman–Crippen MR) is 150 cm³/mol. The largest absolute Gasteiger partial charge is 0.397 e. The molecule has 0 spiro atoms. The van der Waals surface area contributed by atoms with Crippen molar-refractivity contribution in [3.8, 4) is 22.4 Å². The zero-order valence-electron chi connectivity index (χ0n) is 20.1. The monoisotopic (exact) mass is 542 g/mol. The Morgan fingerprint density at radius 2 is 1.47 bits per heavy atom. The summed E-state index contributed by atoms with van der Waals surface area (Å²) >= 11 is 1.19. The molecule has 0 radical (unpaired) electrons. The van der Waals surface area contributed by atoms with Crippen LogP contribution in [0.5, 0.6) is 0 Å². The maximum Gasteiger partial charge on any atom is 0.267 e. The van der Waals surface area contributed by atoms with E-state index in [1.807, 2.05) is 71.5 Å². The van der Waals surface area contributed by atoms with E-state index in [2.05, 4.69) is 5.32 Å². The van der Waals surface area contributed by atoms with Crippen molar-refractivity contribution in [2.75, 3.05) is 11.1 Å². The molecule has 0 saturated heterocycles. The Balaban J connectivity index is 1.53. The summed E-state index contributed by atoms with van der Waals surface area (Å²) in [5.74, 6) is -1.13. The zero-order chi connectivity index (χ0) is 26.9. The summed E-state index contributed by atoms with van der Waals surface area (Å²) in [6, 6.07) is 27.0. The molecule has 0 aliphatic heterocycles. The third-order valence-electron chi connectivity index (χ3n) is 5.76. The minimum atomic E-state index is -3.98. The standard InChI is InChI=1S/C28H22N4O4S2/c1-17(33)32-38(35,36)21-14-12-20(13-15-21)30-27(34)26-25(29)24-22(18-8-4-2-5-9-18)16-23(31-28(24)37-26)19-10-6-3-7-11-19/h2-16H,29H2,1H3,(H,30,34)(H,32,33). The highest BCUT2D eigenvalue weighted by molar-refractivity contribution is 7.90. The molecule has 190 valence electrons. The Morgan fingerprint density at radius 1 is 0.868 bits per heavy atom. The molecule has 5 aromatic rings. The van der Waals surface area contributed by atoms with E-state index in [0.29, 0.717) is 26.5 Å². The molecule has 5 rings (SSSR count). The van der Waals surface area contributed by atoms with E-state index in [1.54, 1.807) is 0 Å². The maximum atomic E-state index is 13.3.